The first-order valence-electron chi connectivity index (χ1n) is 7.58. The Kier molecular flexibility index (Phi) is 3.68. The molecule has 0 saturated carbocycles. The van der Waals surface area contributed by atoms with Crippen molar-refractivity contribution in [2.75, 3.05) is 7.11 Å². The van der Waals surface area contributed by atoms with Gasteiger partial charge in [-0.3, -0.25) is 9.78 Å². The molecular weight excluding hydrogens is 288 g/mol. The Morgan fingerprint density at radius 1 is 1.13 bits per heavy atom. The number of nitrogens with one attached hydrogen (secondary N) is 1. The van der Waals surface area contributed by atoms with Crippen molar-refractivity contribution < 1.29 is 4.74 Å². The van der Waals surface area contributed by atoms with E-state index in [0.717, 1.165) is 27.8 Å². The van der Waals surface area contributed by atoms with Crippen LogP contribution in [0, 0.1) is 0 Å². The fourth-order valence-corrected chi connectivity index (χ4v) is 2.84. The van der Waals surface area contributed by atoms with Gasteiger partial charge in [-0.05, 0) is 35.7 Å². The van der Waals surface area contributed by atoms with Gasteiger partial charge in [0.15, 0.2) is 0 Å². The molecule has 0 aliphatic rings. The monoisotopic (exact) mass is 308 g/mol. The van der Waals surface area contributed by atoms with Crippen molar-refractivity contribution in [1.29, 1.82) is 0 Å². The van der Waals surface area contributed by atoms with Gasteiger partial charge in [0.2, 0.25) is 0 Å². The van der Waals surface area contributed by atoms with Crippen LogP contribution < -0.4 is 10.3 Å². The number of fused-ring (bicyclic) bond motifs is 1. The van der Waals surface area contributed by atoms with Gasteiger partial charge in [0, 0.05) is 34.5 Å². The molecule has 0 unspecified atom stereocenters. The van der Waals surface area contributed by atoms with Crippen molar-refractivity contribution in [1.82, 2.24) is 9.97 Å². The highest BCUT2D eigenvalue weighted by molar-refractivity contribution is 5.98. The number of ether oxygens (including phenoxy) is 1. The number of benzene rings is 1. The second-order valence-corrected chi connectivity index (χ2v) is 6.57. The zero-order chi connectivity index (χ0) is 16.6. The van der Waals surface area contributed by atoms with Gasteiger partial charge in [-0.1, -0.05) is 20.8 Å². The maximum Gasteiger partial charge on any atom is 0.255 e. The first-order valence-corrected chi connectivity index (χ1v) is 7.58. The Hall–Kier alpha value is -2.62. The summed E-state index contributed by atoms with van der Waals surface area (Å²) in [5.41, 5.74) is 3.03. The molecule has 4 nitrogen and oxygen atoms in total. The molecule has 23 heavy (non-hydrogen) atoms. The van der Waals surface area contributed by atoms with E-state index < -0.39 is 0 Å². The zero-order valence-electron chi connectivity index (χ0n) is 13.8. The van der Waals surface area contributed by atoms with Crippen molar-refractivity contribution in [2.45, 2.75) is 26.2 Å². The minimum atomic E-state index is -0.121. The minimum absolute atomic E-state index is 0.119. The molecule has 0 saturated heterocycles. The van der Waals surface area contributed by atoms with Crippen LogP contribution in [0.1, 0.15) is 26.3 Å². The van der Waals surface area contributed by atoms with Gasteiger partial charge in [0.25, 0.3) is 5.56 Å². The van der Waals surface area contributed by atoms with E-state index >= 15 is 0 Å². The fraction of sp³-hybridized carbons (Fsp3) is 0.263. The van der Waals surface area contributed by atoms with Crippen LogP contribution in [0.4, 0.5) is 0 Å². The Balaban J connectivity index is 2.48. The van der Waals surface area contributed by atoms with Gasteiger partial charge in [0.05, 0.1) is 12.6 Å². The highest BCUT2D eigenvalue weighted by Crippen LogP contribution is 2.40. The average Bonchev–Trinajstić information content (AvgIpc) is 2.53. The summed E-state index contributed by atoms with van der Waals surface area (Å²) < 4.78 is 5.68. The van der Waals surface area contributed by atoms with Crippen molar-refractivity contribution in [2.24, 2.45) is 0 Å². The third-order valence-electron chi connectivity index (χ3n) is 3.96. The van der Waals surface area contributed by atoms with Crippen LogP contribution in [-0.4, -0.2) is 17.1 Å². The summed E-state index contributed by atoms with van der Waals surface area (Å²) in [5.74, 6) is 0.816. The standard InChI is InChI=1S/C19H20N2O2/c1-19(2,3)15-11-14(12-7-5-10-21-18(12)22)16-13(17(15)23-4)8-6-9-20-16/h5-11H,1-4H3,(H,21,22). The average molecular weight is 308 g/mol. The molecule has 0 atom stereocenters. The highest BCUT2D eigenvalue weighted by Gasteiger charge is 2.24. The third kappa shape index (κ3) is 2.61. The maximum atomic E-state index is 12.3. The Labute approximate surface area is 135 Å². The van der Waals surface area contributed by atoms with E-state index in [0.29, 0.717) is 5.56 Å². The predicted octanol–water partition coefficient (Wildman–Crippen LogP) is 3.90. The van der Waals surface area contributed by atoms with E-state index in [1.807, 2.05) is 30.3 Å². The molecule has 0 bridgehead atoms. The summed E-state index contributed by atoms with van der Waals surface area (Å²) in [6.07, 6.45) is 3.37. The number of hydrogen-bond donors (Lipinski definition) is 1. The van der Waals surface area contributed by atoms with Crippen LogP contribution >= 0.6 is 0 Å². The zero-order valence-corrected chi connectivity index (χ0v) is 13.8. The lowest BCUT2D eigenvalue weighted by molar-refractivity contribution is 0.402. The van der Waals surface area contributed by atoms with Crippen molar-refractivity contribution >= 4 is 10.9 Å². The van der Waals surface area contributed by atoms with Crippen LogP contribution in [0.25, 0.3) is 22.0 Å². The first kappa shape index (κ1) is 15.3. The molecular formula is C19H20N2O2. The Bertz CT molecular complexity index is 921. The molecule has 1 N–H and O–H groups in total. The molecule has 0 aliphatic heterocycles. The van der Waals surface area contributed by atoms with E-state index in [1.165, 1.54) is 0 Å². The van der Waals surface area contributed by atoms with Gasteiger partial charge < -0.3 is 9.72 Å². The quantitative estimate of drug-likeness (QED) is 0.781. The molecule has 0 spiro atoms. The Morgan fingerprint density at radius 2 is 1.91 bits per heavy atom. The highest BCUT2D eigenvalue weighted by atomic mass is 16.5. The molecule has 4 heteroatoms. The van der Waals surface area contributed by atoms with Crippen LogP contribution in [0.15, 0.2) is 47.5 Å². The van der Waals surface area contributed by atoms with E-state index in [4.69, 9.17) is 4.74 Å². The lowest BCUT2D eigenvalue weighted by Crippen LogP contribution is -2.15. The second-order valence-electron chi connectivity index (χ2n) is 6.57. The lowest BCUT2D eigenvalue weighted by Gasteiger charge is -2.24. The summed E-state index contributed by atoms with van der Waals surface area (Å²) in [5, 5.41) is 0.917. The summed E-state index contributed by atoms with van der Waals surface area (Å²) in [6.45, 7) is 6.39. The van der Waals surface area contributed by atoms with E-state index in [-0.39, 0.29) is 11.0 Å². The van der Waals surface area contributed by atoms with Crippen LogP contribution in [-0.2, 0) is 5.41 Å². The van der Waals surface area contributed by atoms with E-state index in [1.54, 1.807) is 19.5 Å². The van der Waals surface area contributed by atoms with Crippen molar-refractivity contribution in [3.05, 3.63) is 58.6 Å². The number of hydrogen-bond acceptors (Lipinski definition) is 3. The fourth-order valence-electron chi connectivity index (χ4n) is 2.84. The minimum Gasteiger partial charge on any atom is -0.496 e. The number of nitrogens with zero attached hydrogens (tertiary/aromatic N) is 1. The van der Waals surface area contributed by atoms with Gasteiger partial charge in [-0.25, -0.2) is 0 Å². The molecule has 0 aliphatic carbocycles. The number of rotatable bonds is 2. The maximum absolute atomic E-state index is 12.3. The number of methoxy groups -OCH3 is 1. The molecule has 118 valence electrons. The van der Waals surface area contributed by atoms with Crippen molar-refractivity contribution in [3.8, 4) is 16.9 Å². The van der Waals surface area contributed by atoms with Gasteiger partial charge >= 0.3 is 0 Å². The van der Waals surface area contributed by atoms with E-state index in [2.05, 4.69) is 30.7 Å². The second kappa shape index (κ2) is 5.54. The number of aromatic nitrogens is 2. The summed E-state index contributed by atoms with van der Waals surface area (Å²) >= 11 is 0. The molecule has 0 fully saturated rings. The molecule has 2 heterocycles. The van der Waals surface area contributed by atoms with Crippen molar-refractivity contribution in [3.63, 3.8) is 0 Å². The largest absolute Gasteiger partial charge is 0.496 e. The predicted molar refractivity (Wildman–Crippen MR) is 93.1 cm³/mol. The van der Waals surface area contributed by atoms with Gasteiger partial charge in [-0.2, -0.15) is 0 Å². The molecule has 3 aromatic rings. The molecule has 3 rings (SSSR count). The molecule has 0 amide bonds. The molecule has 1 aromatic carbocycles. The van der Waals surface area contributed by atoms with Crippen LogP contribution in [0.2, 0.25) is 0 Å². The third-order valence-corrected chi connectivity index (χ3v) is 3.96. The van der Waals surface area contributed by atoms with Crippen LogP contribution in [0.5, 0.6) is 5.75 Å². The van der Waals surface area contributed by atoms with Gasteiger partial charge in [-0.15, -0.1) is 0 Å². The number of pyridine rings is 2. The normalized spacial score (nSPS) is 11.7. The van der Waals surface area contributed by atoms with Crippen LogP contribution in [0.3, 0.4) is 0 Å². The topological polar surface area (TPSA) is 55.0 Å². The molecule has 0 radical (unpaired) electrons. The summed E-state index contributed by atoms with van der Waals surface area (Å²) in [6, 6.07) is 9.54. The lowest BCUT2D eigenvalue weighted by atomic mass is 9.83. The Morgan fingerprint density at radius 3 is 2.57 bits per heavy atom. The molecule has 2 aromatic heterocycles. The summed E-state index contributed by atoms with van der Waals surface area (Å²) in [7, 11) is 1.67. The number of H-pyrrole nitrogens is 1. The SMILES string of the molecule is COc1c(C(C)(C)C)cc(-c2ccc[nH]c2=O)c2ncccc12. The number of aromatic amines is 1. The first-order chi connectivity index (χ1) is 10.9. The van der Waals surface area contributed by atoms with E-state index in [9.17, 15) is 4.79 Å². The summed E-state index contributed by atoms with van der Waals surface area (Å²) in [4.78, 5) is 19.5. The van der Waals surface area contributed by atoms with Gasteiger partial charge in [0.1, 0.15) is 5.75 Å². The smallest absolute Gasteiger partial charge is 0.255 e.